The van der Waals surface area contributed by atoms with E-state index in [0.29, 0.717) is 11.1 Å². The number of pyridine rings is 2. The first-order valence-electron chi connectivity index (χ1n) is 8.33. The van der Waals surface area contributed by atoms with Gasteiger partial charge in [0.05, 0.1) is 17.1 Å². The second kappa shape index (κ2) is 6.85. The van der Waals surface area contributed by atoms with E-state index in [1.807, 2.05) is 42.5 Å². The molecule has 0 aliphatic heterocycles. The van der Waals surface area contributed by atoms with Gasteiger partial charge in [-0.05, 0) is 53.1 Å². The van der Waals surface area contributed by atoms with E-state index in [2.05, 4.69) is 16.0 Å². The summed E-state index contributed by atoms with van der Waals surface area (Å²) in [6, 6.07) is 18.5. The number of hydrogen-bond donors (Lipinski definition) is 1. The maximum absolute atomic E-state index is 11.6. The van der Waals surface area contributed by atoms with E-state index in [4.69, 9.17) is 5.14 Å². The van der Waals surface area contributed by atoms with Gasteiger partial charge in [-0.3, -0.25) is 9.97 Å². The summed E-state index contributed by atoms with van der Waals surface area (Å²) in [6.45, 7) is 0. The zero-order valence-electron chi connectivity index (χ0n) is 14.6. The number of rotatable bonds is 3. The molecule has 0 fully saturated rings. The van der Waals surface area contributed by atoms with Crippen molar-refractivity contribution in [2.24, 2.45) is 5.14 Å². The van der Waals surface area contributed by atoms with E-state index in [-0.39, 0.29) is 4.90 Å². The second-order valence-corrected chi connectivity index (χ2v) is 7.80. The van der Waals surface area contributed by atoms with E-state index in [0.717, 1.165) is 27.6 Å². The van der Waals surface area contributed by atoms with Crippen molar-refractivity contribution >= 4 is 20.9 Å². The van der Waals surface area contributed by atoms with Crippen molar-refractivity contribution in [2.75, 3.05) is 0 Å². The first-order chi connectivity index (χ1) is 13.5. The number of primary sulfonamides is 1. The highest BCUT2D eigenvalue weighted by Crippen LogP contribution is 2.31. The topological polar surface area (TPSA) is 110 Å². The van der Waals surface area contributed by atoms with E-state index < -0.39 is 10.0 Å². The third-order valence-electron chi connectivity index (χ3n) is 4.42. The normalized spacial score (nSPS) is 11.3. The number of nitrogens with zero attached hydrogens (tertiary/aromatic N) is 3. The van der Waals surface area contributed by atoms with Gasteiger partial charge in [-0.25, -0.2) is 13.6 Å². The number of nitriles is 1. The van der Waals surface area contributed by atoms with Gasteiger partial charge in [0.15, 0.2) is 0 Å². The fraction of sp³-hybridized carbons (Fsp3) is 0. The van der Waals surface area contributed by atoms with Crippen LogP contribution in [0.1, 0.15) is 5.56 Å². The maximum atomic E-state index is 11.6. The van der Waals surface area contributed by atoms with Crippen LogP contribution in [0.4, 0.5) is 0 Å². The van der Waals surface area contributed by atoms with E-state index in [1.54, 1.807) is 18.5 Å². The minimum atomic E-state index is -3.84. The fourth-order valence-corrected chi connectivity index (χ4v) is 3.57. The fourth-order valence-electron chi connectivity index (χ4n) is 3.07. The SMILES string of the molecule is N#Cc1cccc(-c2ccnc3ccc(-c4cncc(S(N)(=O)=O)c4)cc23)c1. The Morgan fingerprint density at radius 3 is 2.57 bits per heavy atom. The number of fused-ring (bicyclic) bond motifs is 1. The summed E-state index contributed by atoms with van der Waals surface area (Å²) >= 11 is 0. The Morgan fingerprint density at radius 2 is 1.79 bits per heavy atom. The largest absolute Gasteiger partial charge is 0.263 e. The van der Waals surface area contributed by atoms with Gasteiger partial charge in [0.1, 0.15) is 4.90 Å². The zero-order valence-corrected chi connectivity index (χ0v) is 15.4. The molecule has 0 radical (unpaired) electrons. The monoisotopic (exact) mass is 386 g/mol. The number of benzene rings is 2. The van der Waals surface area contributed by atoms with Crippen molar-refractivity contribution in [1.82, 2.24) is 9.97 Å². The molecule has 2 heterocycles. The Labute approximate surface area is 162 Å². The van der Waals surface area contributed by atoms with Crippen LogP contribution in [-0.2, 0) is 10.0 Å². The molecule has 2 aromatic heterocycles. The Kier molecular flexibility index (Phi) is 4.35. The average molecular weight is 386 g/mol. The van der Waals surface area contributed by atoms with Crippen molar-refractivity contribution in [3.63, 3.8) is 0 Å². The molecule has 28 heavy (non-hydrogen) atoms. The first-order valence-corrected chi connectivity index (χ1v) is 9.88. The maximum Gasteiger partial charge on any atom is 0.239 e. The van der Waals surface area contributed by atoms with Crippen molar-refractivity contribution in [1.29, 1.82) is 5.26 Å². The van der Waals surface area contributed by atoms with Crippen LogP contribution in [0.5, 0.6) is 0 Å². The van der Waals surface area contributed by atoms with Gasteiger partial charge in [0, 0.05) is 29.5 Å². The predicted molar refractivity (Wildman–Crippen MR) is 106 cm³/mol. The Balaban J connectivity index is 1.91. The lowest BCUT2D eigenvalue weighted by Gasteiger charge is -2.09. The second-order valence-electron chi connectivity index (χ2n) is 6.24. The van der Waals surface area contributed by atoms with Gasteiger partial charge in [-0.1, -0.05) is 18.2 Å². The molecule has 0 spiro atoms. The van der Waals surface area contributed by atoms with Gasteiger partial charge < -0.3 is 0 Å². The first kappa shape index (κ1) is 17.8. The van der Waals surface area contributed by atoms with Crippen LogP contribution in [0.3, 0.4) is 0 Å². The van der Waals surface area contributed by atoms with Crippen LogP contribution in [-0.4, -0.2) is 18.4 Å². The molecule has 0 amide bonds. The Morgan fingerprint density at radius 1 is 0.929 bits per heavy atom. The summed E-state index contributed by atoms with van der Waals surface area (Å²) in [5.41, 5.74) is 4.62. The molecule has 2 aromatic carbocycles. The molecule has 0 unspecified atom stereocenters. The third kappa shape index (κ3) is 3.34. The highest BCUT2D eigenvalue weighted by atomic mass is 32.2. The molecule has 4 aromatic rings. The number of hydrogen-bond acceptors (Lipinski definition) is 5. The highest BCUT2D eigenvalue weighted by molar-refractivity contribution is 7.89. The molecule has 0 saturated heterocycles. The summed E-state index contributed by atoms with van der Waals surface area (Å²) in [4.78, 5) is 8.36. The lowest BCUT2D eigenvalue weighted by Crippen LogP contribution is -2.12. The Hall–Kier alpha value is -3.60. The molecule has 136 valence electrons. The van der Waals surface area contributed by atoms with E-state index >= 15 is 0 Å². The average Bonchev–Trinajstić information content (AvgIpc) is 2.72. The van der Waals surface area contributed by atoms with Crippen molar-refractivity contribution in [2.45, 2.75) is 4.90 Å². The lowest BCUT2D eigenvalue weighted by atomic mass is 9.97. The minimum absolute atomic E-state index is 0.0433. The van der Waals surface area contributed by atoms with Crippen molar-refractivity contribution < 1.29 is 8.42 Å². The van der Waals surface area contributed by atoms with Gasteiger partial charge >= 0.3 is 0 Å². The highest BCUT2D eigenvalue weighted by Gasteiger charge is 2.12. The molecular weight excluding hydrogens is 372 g/mol. The molecule has 0 aliphatic rings. The predicted octanol–water partition coefficient (Wildman–Crippen LogP) is 3.48. The molecule has 0 atom stereocenters. The number of sulfonamides is 1. The Bertz CT molecular complexity index is 1360. The van der Waals surface area contributed by atoms with Crippen LogP contribution in [0, 0.1) is 11.3 Å². The molecule has 0 aliphatic carbocycles. The quantitative estimate of drug-likeness (QED) is 0.579. The van der Waals surface area contributed by atoms with Crippen LogP contribution in [0.25, 0.3) is 33.2 Å². The molecule has 2 N–H and O–H groups in total. The smallest absolute Gasteiger partial charge is 0.239 e. The van der Waals surface area contributed by atoms with E-state index in [9.17, 15) is 13.7 Å². The summed E-state index contributed by atoms with van der Waals surface area (Å²) < 4.78 is 23.3. The molecule has 0 bridgehead atoms. The van der Waals surface area contributed by atoms with Crippen LogP contribution in [0.15, 0.2) is 78.1 Å². The molecule has 4 rings (SSSR count). The molecule has 6 nitrogen and oxygen atoms in total. The lowest BCUT2D eigenvalue weighted by molar-refractivity contribution is 0.597. The zero-order chi connectivity index (χ0) is 19.7. The van der Waals surface area contributed by atoms with Gasteiger partial charge in [-0.2, -0.15) is 5.26 Å². The van der Waals surface area contributed by atoms with Crippen molar-refractivity contribution in [3.05, 3.63) is 78.8 Å². The summed E-state index contributed by atoms with van der Waals surface area (Å²) in [5, 5.41) is 15.3. The van der Waals surface area contributed by atoms with Gasteiger partial charge in [-0.15, -0.1) is 0 Å². The molecular formula is C21H14N4O2S. The van der Waals surface area contributed by atoms with Crippen LogP contribution >= 0.6 is 0 Å². The minimum Gasteiger partial charge on any atom is -0.263 e. The van der Waals surface area contributed by atoms with Gasteiger partial charge in [0.25, 0.3) is 0 Å². The summed E-state index contributed by atoms with van der Waals surface area (Å²) in [6.07, 6.45) is 4.53. The third-order valence-corrected chi connectivity index (χ3v) is 5.30. The number of nitrogens with two attached hydrogens (primary N) is 1. The summed E-state index contributed by atoms with van der Waals surface area (Å²) in [5.74, 6) is 0. The standard InChI is InChI=1S/C21H14N4O2S/c22-11-14-2-1-3-16(8-14)19-6-7-25-21-5-4-15(10-20(19)21)17-9-18(13-24-12-17)28(23,26)27/h1-10,12-13H,(H2,23,26,27). The number of aromatic nitrogens is 2. The summed E-state index contributed by atoms with van der Waals surface area (Å²) in [7, 11) is -3.84. The van der Waals surface area contributed by atoms with Crippen molar-refractivity contribution in [3.8, 4) is 28.3 Å². The van der Waals surface area contributed by atoms with E-state index in [1.165, 1.54) is 12.3 Å². The molecule has 0 saturated carbocycles. The van der Waals surface area contributed by atoms with Crippen LogP contribution < -0.4 is 5.14 Å². The molecule has 7 heteroatoms. The van der Waals surface area contributed by atoms with Crippen LogP contribution in [0.2, 0.25) is 0 Å². The van der Waals surface area contributed by atoms with Gasteiger partial charge in [0.2, 0.25) is 10.0 Å².